The molecule has 0 aromatic heterocycles. The number of likely N-dealkylation sites (tertiary alicyclic amines) is 1. The molecule has 0 unspecified atom stereocenters. The minimum absolute atomic E-state index is 0.0196. The summed E-state index contributed by atoms with van der Waals surface area (Å²) >= 11 is 0. The van der Waals surface area contributed by atoms with Crippen LogP contribution in [0.2, 0.25) is 0 Å². The third-order valence-corrected chi connectivity index (χ3v) is 4.13. The van der Waals surface area contributed by atoms with Gasteiger partial charge in [0.15, 0.2) is 0 Å². The predicted molar refractivity (Wildman–Crippen MR) is 84.0 cm³/mol. The molecule has 0 radical (unpaired) electrons. The minimum atomic E-state index is -0.415. The fraction of sp³-hybridized carbons (Fsp3) is 0.588. The highest BCUT2D eigenvalue weighted by Gasteiger charge is 2.24. The van der Waals surface area contributed by atoms with Gasteiger partial charge in [0.1, 0.15) is 6.10 Å². The fourth-order valence-electron chi connectivity index (χ4n) is 2.78. The molecule has 1 heterocycles. The number of rotatable bonds is 7. The number of carbonyl (C=O) groups is 1. The van der Waals surface area contributed by atoms with E-state index in [1.54, 1.807) is 0 Å². The lowest BCUT2D eigenvalue weighted by molar-refractivity contribution is -0.132. The summed E-state index contributed by atoms with van der Waals surface area (Å²) in [5, 5.41) is 3.02. The van der Waals surface area contributed by atoms with E-state index in [2.05, 4.69) is 17.1 Å². The Morgan fingerprint density at radius 2 is 2.19 bits per heavy atom. The number of carbonyl (C=O) groups excluding carboxylic acids is 1. The van der Waals surface area contributed by atoms with Crippen molar-refractivity contribution in [3.63, 3.8) is 0 Å². The van der Waals surface area contributed by atoms with Crippen LogP contribution in [0.25, 0.3) is 0 Å². The molecule has 1 amide bonds. The van der Waals surface area contributed by atoms with E-state index in [0.717, 1.165) is 25.2 Å². The van der Waals surface area contributed by atoms with Crippen molar-refractivity contribution in [3.8, 4) is 0 Å². The lowest BCUT2D eigenvalue weighted by Crippen LogP contribution is -2.43. The van der Waals surface area contributed by atoms with E-state index in [4.69, 9.17) is 4.74 Å². The number of benzene rings is 1. The first-order chi connectivity index (χ1) is 10.2. The summed E-state index contributed by atoms with van der Waals surface area (Å²) < 4.78 is 5.63. The van der Waals surface area contributed by atoms with Crippen LogP contribution < -0.4 is 5.32 Å². The monoisotopic (exact) mass is 290 g/mol. The average molecular weight is 290 g/mol. The zero-order chi connectivity index (χ0) is 15.1. The number of nitrogens with one attached hydrogen (secondary N) is 1. The van der Waals surface area contributed by atoms with E-state index < -0.39 is 6.10 Å². The summed E-state index contributed by atoms with van der Waals surface area (Å²) in [5.41, 5.74) is 1.09. The van der Waals surface area contributed by atoms with E-state index in [-0.39, 0.29) is 5.91 Å². The topological polar surface area (TPSA) is 41.6 Å². The smallest absolute Gasteiger partial charge is 0.248 e. The van der Waals surface area contributed by atoms with Crippen LogP contribution in [0.15, 0.2) is 30.3 Å². The lowest BCUT2D eigenvalue weighted by atomic mass is 10.2. The Bertz CT molecular complexity index is 436. The highest BCUT2D eigenvalue weighted by Crippen LogP contribution is 2.15. The highest BCUT2D eigenvalue weighted by atomic mass is 16.5. The van der Waals surface area contributed by atoms with Gasteiger partial charge < -0.3 is 10.1 Å². The Morgan fingerprint density at radius 3 is 2.90 bits per heavy atom. The molecule has 1 aromatic carbocycles. The van der Waals surface area contributed by atoms with E-state index in [1.165, 1.54) is 12.8 Å². The van der Waals surface area contributed by atoms with Crippen molar-refractivity contribution < 1.29 is 9.53 Å². The minimum Gasteiger partial charge on any atom is -0.364 e. The van der Waals surface area contributed by atoms with Crippen molar-refractivity contribution in [1.29, 1.82) is 0 Å². The molecule has 1 saturated heterocycles. The standard InChI is InChI=1S/C17H26N2O2/c1-3-19-11-7-10-16(19)12-18-17(20)14(2)21-13-15-8-5-4-6-9-15/h4-6,8-9,14,16H,3,7,10-13H2,1-2H3,(H,18,20)/t14-,16+/m1/s1. The number of hydrogen-bond acceptors (Lipinski definition) is 3. The van der Waals surface area contributed by atoms with Crippen molar-refractivity contribution in [3.05, 3.63) is 35.9 Å². The average Bonchev–Trinajstić information content (AvgIpc) is 2.98. The maximum Gasteiger partial charge on any atom is 0.248 e. The van der Waals surface area contributed by atoms with Crippen molar-refractivity contribution in [1.82, 2.24) is 10.2 Å². The quantitative estimate of drug-likeness (QED) is 0.837. The van der Waals surface area contributed by atoms with Crippen molar-refractivity contribution in [2.24, 2.45) is 0 Å². The second-order valence-corrected chi connectivity index (χ2v) is 5.61. The fourth-order valence-corrected chi connectivity index (χ4v) is 2.78. The van der Waals surface area contributed by atoms with Crippen LogP contribution in [0, 0.1) is 0 Å². The molecule has 21 heavy (non-hydrogen) atoms. The van der Waals surface area contributed by atoms with Crippen LogP contribution in [0.4, 0.5) is 0 Å². The van der Waals surface area contributed by atoms with Gasteiger partial charge in [0.25, 0.3) is 0 Å². The first-order valence-electron chi connectivity index (χ1n) is 7.88. The summed E-state index contributed by atoms with van der Waals surface area (Å²) in [5.74, 6) is -0.0196. The van der Waals surface area contributed by atoms with E-state index in [1.807, 2.05) is 37.3 Å². The van der Waals surface area contributed by atoms with E-state index in [0.29, 0.717) is 12.6 Å². The van der Waals surface area contributed by atoms with Crippen molar-refractivity contribution in [2.45, 2.75) is 45.4 Å². The molecule has 1 aliphatic heterocycles. The molecule has 1 N–H and O–H groups in total. The number of nitrogens with zero attached hydrogens (tertiary/aromatic N) is 1. The van der Waals surface area contributed by atoms with Gasteiger partial charge in [-0.1, -0.05) is 37.3 Å². The lowest BCUT2D eigenvalue weighted by Gasteiger charge is -2.23. The maximum atomic E-state index is 12.1. The molecule has 1 aliphatic rings. The Hall–Kier alpha value is -1.39. The van der Waals surface area contributed by atoms with Crippen molar-refractivity contribution in [2.75, 3.05) is 19.6 Å². The molecule has 0 aliphatic carbocycles. The summed E-state index contributed by atoms with van der Waals surface area (Å²) in [6, 6.07) is 10.4. The summed E-state index contributed by atoms with van der Waals surface area (Å²) in [6.45, 7) is 7.39. The largest absolute Gasteiger partial charge is 0.364 e. The zero-order valence-corrected chi connectivity index (χ0v) is 13.0. The van der Waals surface area contributed by atoms with Crippen LogP contribution in [-0.2, 0) is 16.1 Å². The van der Waals surface area contributed by atoms with Gasteiger partial charge >= 0.3 is 0 Å². The van der Waals surface area contributed by atoms with Gasteiger partial charge in [-0.25, -0.2) is 0 Å². The van der Waals surface area contributed by atoms with Gasteiger partial charge in [-0.2, -0.15) is 0 Å². The highest BCUT2D eigenvalue weighted by molar-refractivity contribution is 5.80. The number of ether oxygens (including phenoxy) is 1. The van der Waals surface area contributed by atoms with Crippen LogP contribution in [0.1, 0.15) is 32.3 Å². The molecule has 0 bridgehead atoms. The second-order valence-electron chi connectivity index (χ2n) is 5.61. The Kier molecular flexibility index (Phi) is 6.21. The maximum absolute atomic E-state index is 12.1. The summed E-state index contributed by atoms with van der Waals surface area (Å²) in [6.07, 6.45) is 1.99. The molecule has 0 saturated carbocycles. The first-order valence-corrected chi connectivity index (χ1v) is 7.88. The number of amides is 1. The Morgan fingerprint density at radius 1 is 1.43 bits per heavy atom. The number of hydrogen-bond donors (Lipinski definition) is 1. The van der Waals surface area contributed by atoms with Crippen LogP contribution in [-0.4, -0.2) is 42.6 Å². The molecule has 4 nitrogen and oxygen atoms in total. The Balaban J connectivity index is 1.70. The molecule has 0 spiro atoms. The summed E-state index contributed by atoms with van der Waals surface area (Å²) in [4.78, 5) is 14.5. The van der Waals surface area contributed by atoms with Gasteiger partial charge in [-0.3, -0.25) is 9.69 Å². The molecular formula is C17H26N2O2. The van der Waals surface area contributed by atoms with Gasteiger partial charge in [0.2, 0.25) is 5.91 Å². The molecule has 116 valence electrons. The normalized spacial score (nSPS) is 20.4. The predicted octanol–water partition coefficient (Wildman–Crippen LogP) is 2.19. The molecular weight excluding hydrogens is 264 g/mol. The number of likely N-dealkylation sites (N-methyl/N-ethyl adjacent to an activating group) is 1. The van der Waals surface area contributed by atoms with Crippen molar-refractivity contribution >= 4 is 5.91 Å². The van der Waals surface area contributed by atoms with E-state index in [9.17, 15) is 4.79 Å². The van der Waals surface area contributed by atoms with Gasteiger partial charge in [0.05, 0.1) is 6.61 Å². The molecule has 1 fully saturated rings. The van der Waals surface area contributed by atoms with Crippen LogP contribution in [0.5, 0.6) is 0 Å². The van der Waals surface area contributed by atoms with E-state index >= 15 is 0 Å². The summed E-state index contributed by atoms with van der Waals surface area (Å²) in [7, 11) is 0. The van der Waals surface area contributed by atoms with Gasteiger partial charge in [0, 0.05) is 12.6 Å². The Labute approximate surface area is 127 Å². The third kappa shape index (κ3) is 4.83. The molecule has 2 atom stereocenters. The SMILES string of the molecule is CCN1CCC[C@H]1CNC(=O)[C@@H](C)OCc1ccccc1. The zero-order valence-electron chi connectivity index (χ0n) is 13.0. The molecule has 1 aromatic rings. The molecule has 4 heteroatoms. The van der Waals surface area contributed by atoms with Crippen LogP contribution in [0.3, 0.4) is 0 Å². The van der Waals surface area contributed by atoms with Gasteiger partial charge in [-0.15, -0.1) is 0 Å². The molecule has 2 rings (SSSR count). The van der Waals surface area contributed by atoms with Gasteiger partial charge in [-0.05, 0) is 38.4 Å². The first kappa shape index (κ1) is 16.0. The third-order valence-electron chi connectivity index (χ3n) is 4.13. The van der Waals surface area contributed by atoms with Crippen LogP contribution >= 0.6 is 0 Å². The second kappa shape index (κ2) is 8.15.